The number of carbonyl (C=O) groups excluding carboxylic acids is 2. The number of aromatic hydroxyl groups is 1. The maximum absolute atomic E-state index is 13.3. The zero-order valence-corrected chi connectivity index (χ0v) is 16.7. The average molecular weight is 450 g/mol. The minimum absolute atomic E-state index is 0.105. The lowest BCUT2D eigenvalue weighted by atomic mass is 10.1. The first kappa shape index (κ1) is 21.5. The fourth-order valence-electron chi connectivity index (χ4n) is 4.41. The van der Waals surface area contributed by atoms with Crippen LogP contribution in [0.15, 0.2) is 23.0 Å². The standard InChI is InChI=1S/C20H17F3N4O5/c1-32-16(29)5-4-15(28)25-9-12-7-14(25)17-18(30)27(19(31)26(12)17)11-3-2-10(8-24)13(6-11)20(21,22)23/h2-3,6,12,14,30H,4-5,7,9H2,1H3/t12-,14-/m0/s1. The minimum atomic E-state index is -4.83. The number of alkyl halides is 3. The van der Waals surface area contributed by atoms with E-state index in [2.05, 4.69) is 4.74 Å². The van der Waals surface area contributed by atoms with Gasteiger partial charge in [-0.15, -0.1) is 0 Å². The number of rotatable bonds is 4. The Labute approximate surface area is 178 Å². The predicted molar refractivity (Wildman–Crippen MR) is 101 cm³/mol. The summed E-state index contributed by atoms with van der Waals surface area (Å²) in [6.45, 7) is 0.183. The molecule has 0 spiro atoms. The molecular weight excluding hydrogens is 433 g/mol. The average Bonchev–Trinajstić information content (AvgIpc) is 3.42. The summed E-state index contributed by atoms with van der Waals surface area (Å²) in [4.78, 5) is 38.3. The fraction of sp³-hybridized carbons (Fsp3) is 0.400. The van der Waals surface area contributed by atoms with Crippen molar-refractivity contribution in [3.05, 3.63) is 45.5 Å². The van der Waals surface area contributed by atoms with Crippen LogP contribution in [0.3, 0.4) is 0 Å². The lowest BCUT2D eigenvalue weighted by Crippen LogP contribution is -2.38. The van der Waals surface area contributed by atoms with Crippen LogP contribution in [-0.2, 0) is 20.5 Å². The van der Waals surface area contributed by atoms with E-state index in [9.17, 15) is 32.7 Å². The molecule has 2 aliphatic rings. The van der Waals surface area contributed by atoms with Gasteiger partial charge in [-0.25, -0.2) is 9.36 Å². The molecule has 32 heavy (non-hydrogen) atoms. The van der Waals surface area contributed by atoms with Crippen LogP contribution in [0.5, 0.6) is 5.88 Å². The number of esters is 1. The second kappa shape index (κ2) is 7.44. The Bertz CT molecular complexity index is 1220. The summed E-state index contributed by atoms with van der Waals surface area (Å²) in [6.07, 6.45) is -4.67. The molecule has 3 heterocycles. The number of amides is 1. The minimum Gasteiger partial charge on any atom is -0.493 e. The normalized spacial score (nSPS) is 19.0. The third-order valence-corrected chi connectivity index (χ3v) is 5.84. The molecule has 2 aliphatic heterocycles. The molecule has 2 atom stereocenters. The first-order valence-corrected chi connectivity index (χ1v) is 9.62. The van der Waals surface area contributed by atoms with E-state index in [0.717, 1.165) is 16.7 Å². The van der Waals surface area contributed by atoms with Crippen molar-refractivity contribution in [1.82, 2.24) is 14.0 Å². The second-order valence-corrected chi connectivity index (χ2v) is 7.56. The van der Waals surface area contributed by atoms with E-state index < -0.39 is 46.9 Å². The van der Waals surface area contributed by atoms with Crippen LogP contribution in [0.2, 0.25) is 0 Å². The van der Waals surface area contributed by atoms with Crippen molar-refractivity contribution in [2.45, 2.75) is 37.5 Å². The quantitative estimate of drug-likeness (QED) is 0.713. The van der Waals surface area contributed by atoms with Crippen LogP contribution in [0.4, 0.5) is 13.2 Å². The number of methoxy groups -OCH3 is 1. The van der Waals surface area contributed by atoms with Gasteiger partial charge in [0.25, 0.3) is 0 Å². The van der Waals surface area contributed by atoms with Gasteiger partial charge in [0, 0.05) is 13.0 Å². The molecule has 4 rings (SSSR count). The predicted octanol–water partition coefficient (Wildman–Crippen LogP) is 2.02. The van der Waals surface area contributed by atoms with Crippen LogP contribution in [0.25, 0.3) is 5.69 Å². The highest BCUT2D eigenvalue weighted by Gasteiger charge is 2.49. The molecular formula is C20H17F3N4O5. The van der Waals surface area contributed by atoms with Gasteiger partial charge in [0.15, 0.2) is 0 Å². The Morgan fingerprint density at radius 3 is 2.66 bits per heavy atom. The largest absolute Gasteiger partial charge is 0.493 e. The molecule has 2 bridgehead atoms. The van der Waals surface area contributed by atoms with Crippen LogP contribution in [0.1, 0.15) is 48.2 Å². The molecule has 0 saturated carbocycles. The van der Waals surface area contributed by atoms with Crippen LogP contribution < -0.4 is 5.69 Å². The smallest absolute Gasteiger partial charge is 0.417 e. The molecule has 1 saturated heterocycles. The zero-order valence-electron chi connectivity index (χ0n) is 16.7. The number of hydrogen-bond donors (Lipinski definition) is 1. The van der Waals surface area contributed by atoms with Crippen molar-refractivity contribution in [3.63, 3.8) is 0 Å². The summed E-state index contributed by atoms with van der Waals surface area (Å²) >= 11 is 0. The molecule has 168 valence electrons. The van der Waals surface area contributed by atoms with Gasteiger partial charge in [0.1, 0.15) is 5.69 Å². The number of nitriles is 1. The van der Waals surface area contributed by atoms with Crippen molar-refractivity contribution < 1.29 is 32.6 Å². The Morgan fingerprint density at radius 2 is 2.03 bits per heavy atom. The Morgan fingerprint density at radius 1 is 1.31 bits per heavy atom. The molecule has 1 aromatic carbocycles. The second-order valence-electron chi connectivity index (χ2n) is 7.56. The maximum Gasteiger partial charge on any atom is 0.417 e. The van der Waals surface area contributed by atoms with Crippen molar-refractivity contribution in [1.29, 1.82) is 5.26 Å². The number of halogens is 3. The van der Waals surface area contributed by atoms with Crippen molar-refractivity contribution in [2.24, 2.45) is 0 Å². The highest BCUT2D eigenvalue weighted by molar-refractivity contribution is 5.82. The number of hydrogen-bond acceptors (Lipinski definition) is 6. The van der Waals surface area contributed by atoms with Gasteiger partial charge in [-0.3, -0.25) is 14.2 Å². The van der Waals surface area contributed by atoms with Gasteiger partial charge in [0.05, 0.1) is 48.5 Å². The van der Waals surface area contributed by atoms with Gasteiger partial charge >= 0.3 is 17.8 Å². The number of likely N-dealkylation sites (tertiary alicyclic amines) is 1. The summed E-state index contributed by atoms with van der Waals surface area (Å²) in [5.41, 5.74) is -2.68. The Hall–Kier alpha value is -3.75. The monoisotopic (exact) mass is 450 g/mol. The summed E-state index contributed by atoms with van der Waals surface area (Å²) in [6, 6.07) is 3.09. The first-order valence-electron chi connectivity index (χ1n) is 9.62. The lowest BCUT2D eigenvalue weighted by Gasteiger charge is -2.27. The highest BCUT2D eigenvalue weighted by Crippen LogP contribution is 2.49. The lowest BCUT2D eigenvalue weighted by molar-refractivity contribution is -0.144. The van der Waals surface area contributed by atoms with E-state index in [-0.39, 0.29) is 36.7 Å². The number of benzene rings is 1. The van der Waals surface area contributed by atoms with Crippen molar-refractivity contribution in [3.8, 4) is 17.6 Å². The number of ether oxygens (including phenoxy) is 1. The number of aromatic nitrogens is 2. The summed E-state index contributed by atoms with van der Waals surface area (Å²) in [7, 11) is 1.21. The van der Waals surface area contributed by atoms with Crippen molar-refractivity contribution in [2.75, 3.05) is 13.7 Å². The van der Waals surface area contributed by atoms with Crippen LogP contribution in [0, 0.1) is 11.3 Å². The summed E-state index contributed by atoms with van der Waals surface area (Å²) < 4.78 is 46.6. The molecule has 0 radical (unpaired) electrons. The molecule has 1 amide bonds. The Balaban J connectivity index is 1.72. The third-order valence-electron chi connectivity index (χ3n) is 5.84. The molecule has 1 aromatic heterocycles. The van der Waals surface area contributed by atoms with E-state index >= 15 is 0 Å². The van der Waals surface area contributed by atoms with Gasteiger partial charge in [-0.1, -0.05) is 0 Å². The number of fused-ring (bicyclic) bond motifs is 5. The van der Waals surface area contributed by atoms with Gasteiger partial charge in [0.2, 0.25) is 11.8 Å². The van der Waals surface area contributed by atoms with E-state index in [4.69, 9.17) is 5.26 Å². The molecule has 1 N–H and O–H groups in total. The highest BCUT2D eigenvalue weighted by atomic mass is 19.4. The van der Waals surface area contributed by atoms with Gasteiger partial charge < -0.3 is 14.7 Å². The molecule has 9 nitrogen and oxygen atoms in total. The van der Waals surface area contributed by atoms with Crippen LogP contribution in [-0.4, -0.2) is 44.7 Å². The van der Waals surface area contributed by atoms with Gasteiger partial charge in [-0.2, -0.15) is 18.4 Å². The van der Waals surface area contributed by atoms with E-state index in [0.29, 0.717) is 12.5 Å². The maximum atomic E-state index is 13.3. The molecule has 1 fully saturated rings. The van der Waals surface area contributed by atoms with Crippen LogP contribution >= 0.6 is 0 Å². The molecule has 2 aromatic rings. The molecule has 0 unspecified atom stereocenters. The van der Waals surface area contributed by atoms with E-state index in [1.807, 2.05) is 0 Å². The molecule has 0 aliphatic carbocycles. The first-order chi connectivity index (χ1) is 15.1. The number of nitrogens with zero attached hydrogens (tertiary/aromatic N) is 4. The summed E-state index contributed by atoms with van der Waals surface area (Å²) in [5, 5.41) is 19.7. The zero-order chi connectivity index (χ0) is 23.4. The van der Waals surface area contributed by atoms with Gasteiger partial charge in [-0.05, 0) is 24.6 Å². The van der Waals surface area contributed by atoms with Crippen molar-refractivity contribution >= 4 is 11.9 Å². The number of imidazole rings is 1. The topological polar surface area (TPSA) is 118 Å². The third kappa shape index (κ3) is 3.21. The number of carbonyl (C=O) groups is 2. The molecule has 12 heteroatoms. The summed E-state index contributed by atoms with van der Waals surface area (Å²) in [5.74, 6) is -1.47. The fourth-order valence-corrected chi connectivity index (χ4v) is 4.41. The van der Waals surface area contributed by atoms with E-state index in [1.165, 1.54) is 22.6 Å². The SMILES string of the molecule is COC(=O)CCC(=O)N1C[C@@H]2C[C@H]1c1c(O)n(-c3ccc(C#N)c(C(F)(F)F)c3)c(=O)n12. The van der Waals surface area contributed by atoms with E-state index in [1.54, 1.807) is 0 Å². The Kier molecular flexibility index (Phi) is 4.99.